The van der Waals surface area contributed by atoms with Crippen LogP contribution in [0.2, 0.25) is 10.3 Å². The summed E-state index contributed by atoms with van der Waals surface area (Å²) < 4.78 is 43.9. The SMILES string of the molecule is CC(C)(C)OC(=O)N1CCC(O)CC1=O.CC(C)(C)OC(=O)N1CCC(OS(C)(=O)=O)CC1=O.CC(C)(C)OC(=O)N1CCC(n2ncc3cc(Cl)ncc32)CC1=O.Clc1cc2cn[nH]c2cn1. The summed E-state index contributed by atoms with van der Waals surface area (Å²) >= 11 is 11.5. The van der Waals surface area contributed by atoms with Crippen LogP contribution in [-0.2, 0) is 42.9 Å². The largest absolute Gasteiger partial charge is 0.443 e. The van der Waals surface area contributed by atoms with Crippen molar-refractivity contribution in [3.05, 3.63) is 47.2 Å². The van der Waals surface area contributed by atoms with Gasteiger partial charge in [-0.25, -0.2) is 39.1 Å². The number of halogens is 2. The van der Waals surface area contributed by atoms with E-state index in [1.807, 2.05) is 0 Å². The molecule has 374 valence electrons. The van der Waals surface area contributed by atoms with Crippen LogP contribution in [0.4, 0.5) is 14.4 Å². The van der Waals surface area contributed by atoms with Crippen LogP contribution in [0.1, 0.15) is 107 Å². The Morgan fingerprint density at radius 2 is 1.15 bits per heavy atom. The zero-order chi connectivity index (χ0) is 50.9. The van der Waals surface area contributed by atoms with Crippen LogP contribution in [0, 0.1) is 0 Å². The predicted octanol–water partition coefficient (Wildman–Crippen LogP) is 6.59. The average Bonchev–Trinajstić information content (AvgIpc) is 3.82. The zero-order valence-corrected chi connectivity index (χ0v) is 42.0. The lowest BCUT2D eigenvalue weighted by Crippen LogP contribution is -2.47. The first-order valence-corrected chi connectivity index (χ1v) is 24.0. The van der Waals surface area contributed by atoms with E-state index < -0.39 is 63.3 Å². The number of nitrogens with zero attached hydrogens (tertiary/aromatic N) is 8. The van der Waals surface area contributed by atoms with Crippen molar-refractivity contribution in [2.75, 3.05) is 25.9 Å². The van der Waals surface area contributed by atoms with Gasteiger partial charge in [0.1, 0.15) is 27.1 Å². The number of aliphatic hydroxyl groups excluding tert-OH is 1. The van der Waals surface area contributed by atoms with Crippen molar-refractivity contribution in [2.45, 2.75) is 136 Å². The molecule has 2 N–H and O–H groups in total. The Balaban J connectivity index is 0.000000206. The molecule has 3 atom stereocenters. The monoisotopic (exact) mass is 1010 g/mol. The van der Waals surface area contributed by atoms with Crippen molar-refractivity contribution >= 4 is 91.1 Å². The molecule has 7 rings (SSSR count). The number of ether oxygens (including phenoxy) is 3. The van der Waals surface area contributed by atoms with E-state index in [2.05, 4.69) is 25.3 Å². The Morgan fingerprint density at radius 3 is 1.63 bits per heavy atom. The van der Waals surface area contributed by atoms with Gasteiger partial charge in [-0.15, -0.1) is 0 Å². The van der Waals surface area contributed by atoms with Crippen LogP contribution in [-0.4, -0.2) is 149 Å². The van der Waals surface area contributed by atoms with E-state index in [-0.39, 0.29) is 56.6 Å². The molecule has 0 aliphatic carbocycles. The third kappa shape index (κ3) is 17.5. The van der Waals surface area contributed by atoms with Crippen molar-refractivity contribution in [3.63, 3.8) is 0 Å². The van der Waals surface area contributed by atoms with Gasteiger partial charge in [0, 0.05) is 36.8 Å². The van der Waals surface area contributed by atoms with Gasteiger partial charge in [0.15, 0.2) is 0 Å². The molecular formula is C43H59Cl2N9O13S. The zero-order valence-electron chi connectivity index (χ0n) is 39.6. The first-order chi connectivity index (χ1) is 31.4. The maximum atomic E-state index is 12.4. The topological polar surface area (TPSA) is 276 Å². The summed E-state index contributed by atoms with van der Waals surface area (Å²) in [6, 6.07) is 3.38. The molecule has 7 heterocycles. The summed E-state index contributed by atoms with van der Waals surface area (Å²) in [5, 5.41) is 22.9. The Hall–Kier alpha value is -5.49. The number of fused-ring (bicyclic) bond motifs is 2. The molecule has 0 radical (unpaired) electrons. The lowest BCUT2D eigenvalue weighted by atomic mass is 10.0. The molecule has 0 aromatic carbocycles. The molecule has 3 saturated heterocycles. The number of aromatic amines is 1. The van der Waals surface area contributed by atoms with Gasteiger partial charge in [-0.05, 0) is 93.7 Å². The maximum absolute atomic E-state index is 12.4. The quantitative estimate of drug-likeness (QED) is 0.124. The van der Waals surface area contributed by atoms with E-state index in [1.165, 1.54) is 4.90 Å². The number of H-pyrrole nitrogens is 1. The Bertz CT molecular complexity index is 2570. The molecule has 3 aliphatic rings. The smallest absolute Gasteiger partial charge is 0.417 e. The van der Waals surface area contributed by atoms with Crippen molar-refractivity contribution in [3.8, 4) is 0 Å². The van der Waals surface area contributed by atoms with Gasteiger partial charge in [0.25, 0.3) is 10.1 Å². The number of carbonyl (C=O) groups is 6. The van der Waals surface area contributed by atoms with Crippen LogP contribution < -0.4 is 0 Å². The molecule has 6 amide bonds. The van der Waals surface area contributed by atoms with Gasteiger partial charge in [-0.2, -0.15) is 18.6 Å². The molecule has 4 aromatic heterocycles. The molecule has 3 fully saturated rings. The van der Waals surface area contributed by atoms with E-state index >= 15 is 0 Å². The third-order valence-electron chi connectivity index (χ3n) is 9.41. The Labute approximate surface area is 404 Å². The number of aliphatic hydroxyl groups is 1. The summed E-state index contributed by atoms with van der Waals surface area (Å²) in [6.45, 7) is 16.3. The number of nitrogens with one attached hydrogen (secondary N) is 1. The fourth-order valence-electron chi connectivity index (χ4n) is 6.53. The molecule has 0 saturated carbocycles. The minimum atomic E-state index is -3.60. The molecule has 4 aromatic rings. The standard InChI is InChI=1S/C16H19ClN4O3.C11H19NO6S.C10H17NO4.C6H4ClN3/c1-16(2,3)24-15(23)20-5-4-11(7-14(20)22)21-12-9-18-13(17)6-10(12)8-19-21;1-11(2,3)17-10(14)12-6-5-8(7-9(12)13)18-19(4,15)16;1-10(2,3)15-9(14)11-5-4-7(12)6-8(11)13;7-6-1-4-2-9-10-5(4)3-8-6/h6,8-9,11H,4-5,7H2,1-3H3;8H,5-7H2,1-4H3;7,12H,4-6H2,1-3H3;1-3H,(H,9,10). The highest BCUT2D eigenvalue weighted by Gasteiger charge is 2.36. The third-order valence-corrected chi connectivity index (χ3v) is 10.4. The van der Waals surface area contributed by atoms with Crippen LogP contribution in [0.5, 0.6) is 0 Å². The van der Waals surface area contributed by atoms with E-state index in [1.54, 1.807) is 104 Å². The summed E-state index contributed by atoms with van der Waals surface area (Å²) in [5.41, 5.74) is -0.185. The highest BCUT2D eigenvalue weighted by atomic mass is 35.5. The number of piperidine rings is 3. The highest BCUT2D eigenvalue weighted by Crippen LogP contribution is 2.29. The molecule has 22 nitrogen and oxygen atoms in total. The van der Waals surface area contributed by atoms with E-state index in [0.717, 1.165) is 37.9 Å². The van der Waals surface area contributed by atoms with Gasteiger partial charge >= 0.3 is 18.3 Å². The minimum absolute atomic E-state index is 0.000751. The van der Waals surface area contributed by atoms with Crippen LogP contribution >= 0.6 is 23.2 Å². The second kappa shape index (κ2) is 22.7. The van der Waals surface area contributed by atoms with Crippen LogP contribution in [0.15, 0.2) is 36.9 Å². The number of pyridine rings is 2. The number of rotatable bonds is 3. The summed E-state index contributed by atoms with van der Waals surface area (Å²) in [7, 11) is -3.60. The number of likely N-dealkylation sites (tertiary alicyclic amines) is 3. The van der Waals surface area contributed by atoms with Crippen molar-refractivity contribution < 1.29 is 60.7 Å². The molecule has 25 heteroatoms. The highest BCUT2D eigenvalue weighted by molar-refractivity contribution is 7.86. The van der Waals surface area contributed by atoms with E-state index in [4.69, 9.17) is 41.6 Å². The van der Waals surface area contributed by atoms with E-state index in [9.17, 15) is 42.3 Å². The van der Waals surface area contributed by atoms with Gasteiger partial charge in [0.05, 0.1) is 73.2 Å². The average molecular weight is 1010 g/mol. The summed E-state index contributed by atoms with van der Waals surface area (Å²) in [4.78, 5) is 82.1. The van der Waals surface area contributed by atoms with E-state index in [0.29, 0.717) is 29.7 Å². The first-order valence-electron chi connectivity index (χ1n) is 21.5. The van der Waals surface area contributed by atoms with Crippen molar-refractivity contribution in [2.24, 2.45) is 0 Å². The number of hydrogen-bond acceptors (Lipinski definition) is 17. The van der Waals surface area contributed by atoms with Crippen molar-refractivity contribution in [1.29, 1.82) is 0 Å². The second-order valence-corrected chi connectivity index (χ2v) is 21.3. The van der Waals surface area contributed by atoms with Gasteiger partial charge < -0.3 is 19.3 Å². The Morgan fingerprint density at radius 1 is 0.676 bits per heavy atom. The van der Waals surface area contributed by atoms with Gasteiger partial charge in [0.2, 0.25) is 17.7 Å². The first kappa shape index (κ1) is 55.1. The van der Waals surface area contributed by atoms with Crippen molar-refractivity contribution in [1.82, 2.24) is 44.6 Å². The summed E-state index contributed by atoms with van der Waals surface area (Å²) in [6.07, 6.45) is 5.74. The normalized spacial score (nSPS) is 19.2. The van der Waals surface area contributed by atoms with Gasteiger partial charge in [-0.1, -0.05) is 23.2 Å². The fourth-order valence-corrected chi connectivity index (χ4v) is 7.52. The molecular weight excluding hydrogens is 953 g/mol. The lowest BCUT2D eigenvalue weighted by Gasteiger charge is -2.32. The number of imide groups is 3. The molecule has 3 unspecified atom stereocenters. The number of amides is 6. The maximum Gasteiger partial charge on any atom is 0.417 e. The second-order valence-electron chi connectivity index (χ2n) is 18.9. The lowest BCUT2D eigenvalue weighted by molar-refractivity contribution is -0.136. The number of aromatic nitrogens is 6. The number of hydrogen-bond donors (Lipinski definition) is 2. The molecule has 3 aliphatic heterocycles. The summed E-state index contributed by atoms with van der Waals surface area (Å²) in [5.74, 6) is -1.12. The van der Waals surface area contributed by atoms with Crippen LogP contribution in [0.3, 0.4) is 0 Å². The molecule has 68 heavy (non-hydrogen) atoms. The van der Waals surface area contributed by atoms with Crippen LogP contribution in [0.25, 0.3) is 21.8 Å². The molecule has 0 spiro atoms. The molecule has 0 bridgehead atoms. The fraction of sp³-hybridized carbons (Fsp3) is 0.581. The minimum Gasteiger partial charge on any atom is -0.443 e. The number of carbonyl (C=O) groups excluding carboxylic acids is 6. The predicted molar refractivity (Wildman–Crippen MR) is 248 cm³/mol. The van der Waals surface area contributed by atoms with Gasteiger partial charge in [-0.3, -0.25) is 28.3 Å². The Kier molecular flexibility index (Phi) is 18.4.